The summed E-state index contributed by atoms with van der Waals surface area (Å²) < 4.78 is 10.9. The monoisotopic (exact) mass is 458 g/mol. The third-order valence-corrected chi connectivity index (χ3v) is 6.69. The van der Waals surface area contributed by atoms with E-state index in [2.05, 4.69) is 6.07 Å². The number of esters is 1. The lowest BCUT2D eigenvalue weighted by Gasteiger charge is -2.21. The van der Waals surface area contributed by atoms with Crippen molar-refractivity contribution in [3.05, 3.63) is 66.2 Å². The SMILES string of the molecule is COc1ccc(-c2cc(-c3ccccc3)nc(SCC(=O)OC3CCCCC3)c2C#N)cc1. The average Bonchev–Trinajstić information content (AvgIpc) is 2.88. The van der Waals surface area contributed by atoms with Crippen LogP contribution in [0.15, 0.2) is 65.7 Å². The summed E-state index contributed by atoms with van der Waals surface area (Å²) in [5, 5.41) is 10.5. The van der Waals surface area contributed by atoms with Gasteiger partial charge in [-0.2, -0.15) is 5.26 Å². The van der Waals surface area contributed by atoms with E-state index in [0.717, 1.165) is 53.8 Å². The quantitative estimate of drug-likeness (QED) is 0.307. The zero-order valence-corrected chi connectivity index (χ0v) is 19.4. The molecule has 1 saturated carbocycles. The van der Waals surface area contributed by atoms with E-state index in [0.29, 0.717) is 10.6 Å². The standard InChI is InChI=1S/C27H26N2O3S/c1-31-21-14-12-19(13-15-21)23-16-25(20-8-4-2-5-9-20)29-27(24(23)17-28)33-18-26(30)32-22-10-6-3-7-11-22/h2,4-5,8-9,12-16,22H,3,6-7,10-11,18H2,1H3. The molecule has 1 aliphatic rings. The van der Waals surface area contributed by atoms with Gasteiger partial charge in [0.05, 0.1) is 24.1 Å². The van der Waals surface area contributed by atoms with E-state index in [9.17, 15) is 10.1 Å². The summed E-state index contributed by atoms with van der Waals surface area (Å²) >= 11 is 1.26. The second-order valence-corrected chi connectivity index (χ2v) is 8.94. The van der Waals surface area contributed by atoms with Crippen molar-refractivity contribution in [3.63, 3.8) is 0 Å². The number of hydrogen-bond donors (Lipinski definition) is 0. The van der Waals surface area contributed by atoms with E-state index in [4.69, 9.17) is 14.5 Å². The minimum absolute atomic E-state index is 0.0146. The van der Waals surface area contributed by atoms with Crippen LogP contribution in [0.4, 0.5) is 0 Å². The highest BCUT2D eigenvalue weighted by molar-refractivity contribution is 7.99. The lowest BCUT2D eigenvalue weighted by Crippen LogP contribution is -2.22. The van der Waals surface area contributed by atoms with Crippen molar-refractivity contribution in [2.24, 2.45) is 0 Å². The summed E-state index contributed by atoms with van der Waals surface area (Å²) in [6.45, 7) is 0. The zero-order valence-electron chi connectivity index (χ0n) is 18.6. The minimum Gasteiger partial charge on any atom is -0.497 e. The third kappa shape index (κ3) is 5.74. The molecular formula is C27H26N2O3S. The van der Waals surface area contributed by atoms with Gasteiger partial charge in [-0.05, 0) is 49.4 Å². The van der Waals surface area contributed by atoms with Gasteiger partial charge in [0.25, 0.3) is 0 Å². The molecule has 0 N–H and O–H groups in total. The number of hydrogen-bond acceptors (Lipinski definition) is 6. The number of carbonyl (C=O) groups is 1. The van der Waals surface area contributed by atoms with E-state index >= 15 is 0 Å². The molecule has 33 heavy (non-hydrogen) atoms. The van der Waals surface area contributed by atoms with Gasteiger partial charge in [-0.3, -0.25) is 4.79 Å². The van der Waals surface area contributed by atoms with Gasteiger partial charge in [-0.15, -0.1) is 0 Å². The van der Waals surface area contributed by atoms with Crippen molar-refractivity contribution in [2.45, 2.75) is 43.2 Å². The predicted molar refractivity (Wildman–Crippen MR) is 130 cm³/mol. The molecule has 168 valence electrons. The lowest BCUT2D eigenvalue weighted by atomic mass is 9.98. The molecule has 6 heteroatoms. The largest absolute Gasteiger partial charge is 0.497 e. The fraction of sp³-hybridized carbons (Fsp3) is 0.296. The number of aromatic nitrogens is 1. The minimum atomic E-state index is -0.256. The van der Waals surface area contributed by atoms with Gasteiger partial charge < -0.3 is 9.47 Å². The lowest BCUT2D eigenvalue weighted by molar-refractivity contribution is -0.147. The van der Waals surface area contributed by atoms with Gasteiger partial charge in [0.15, 0.2) is 0 Å². The molecule has 0 atom stereocenters. The topological polar surface area (TPSA) is 72.2 Å². The Labute approximate surface area is 198 Å². The van der Waals surface area contributed by atoms with Gasteiger partial charge in [-0.25, -0.2) is 4.98 Å². The van der Waals surface area contributed by atoms with Crippen LogP contribution < -0.4 is 4.74 Å². The molecule has 0 aliphatic heterocycles. The number of nitrogens with zero attached hydrogens (tertiary/aromatic N) is 2. The summed E-state index contributed by atoms with van der Waals surface area (Å²) in [5.41, 5.74) is 3.82. The molecule has 0 spiro atoms. The number of rotatable bonds is 7. The number of pyridine rings is 1. The van der Waals surface area contributed by atoms with Crippen LogP contribution in [0.5, 0.6) is 5.75 Å². The van der Waals surface area contributed by atoms with Gasteiger partial charge in [0, 0.05) is 11.1 Å². The molecule has 1 aliphatic carbocycles. The molecule has 1 aromatic heterocycles. The Balaban J connectivity index is 1.65. The highest BCUT2D eigenvalue weighted by Gasteiger charge is 2.20. The predicted octanol–water partition coefficient (Wildman–Crippen LogP) is 6.26. The number of nitriles is 1. The van der Waals surface area contributed by atoms with Crippen molar-refractivity contribution in [1.29, 1.82) is 5.26 Å². The molecular weight excluding hydrogens is 432 g/mol. The Morgan fingerprint density at radius 3 is 2.45 bits per heavy atom. The normalized spacial score (nSPS) is 13.8. The van der Waals surface area contributed by atoms with Gasteiger partial charge >= 0.3 is 5.97 Å². The molecule has 3 aromatic rings. The molecule has 0 radical (unpaired) electrons. The summed E-state index contributed by atoms with van der Waals surface area (Å²) in [6, 6.07) is 21.7. The van der Waals surface area contributed by atoms with Crippen molar-refractivity contribution in [3.8, 4) is 34.2 Å². The molecule has 1 heterocycles. The van der Waals surface area contributed by atoms with Crippen LogP contribution in [-0.2, 0) is 9.53 Å². The van der Waals surface area contributed by atoms with Crippen LogP contribution in [0, 0.1) is 11.3 Å². The maximum Gasteiger partial charge on any atom is 0.316 e. The van der Waals surface area contributed by atoms with Gasteiger partial charge in [0.1, 0.15) is 22.9 Å². The first-order valence-electron chi connectivity index (χ1n) is 11.1. The van der Waals surface area contributed by atoms with Crippen molar-refractivity contribution in [1.82, 2.24) is 4.98 Å². The van der Waals surface area contributed by atoms with Gasteiger partial charge in [-0.1, -0.05) is 60.6 Å². The fourth-order valence-corrected chi connectivity index (χ4v) is 4.80. The Bertz CT molecular complexity index is 1130. The van der Waals surface area contributed by atoms with E-state index in [1.54, 1.807) is 7.11 Å². The Morgan fingerprint density at radius 1 is 1.06 bits per heavy atom. The fourth-order valence-electron chi connectivity index (χ4n) is 4.02. The van der Waals surface area contributed by atoms with Crippen LogP contribution in [0.3, 0.4) is 0 Å². The summed E-state index contributed by atoms with van der Waals surface area (Å²) in [6.07, 6.45) is 5.30. The summed E-state index contributed by atoms with van der Waals surface area (Å²) in [5.74, 6) is 0.613. The maximum atomic E-state index is 12.5. The number of thioether (sulfide) groups is 1. The maximum absolute atomic E-state index is 12.5. The number of ether oxygens (including phenoxy) is 2. The van der Waals surface area contributed by atoms with Crippen molar-refractivity contribution in [2.75, 3.05) is 12.9 Å². The van der Waals surface area contributed by atoms with Crippen LogP contribution in [0.1, 0.15) is 37.7 Å². The zero-order chi connectivity index (χ0) is 23.0. The molecule has 0 amide bonds. The second-order valence-electron chi connectivity index (χ2n) is 7.98. The molecule has 1 fully saturated rings. The first kappa shape index (κ1) is 22.9. The van der Waals surface area contributed by atoms with Gasteiger partial charge in [0.2, 0.25) is 0 Å². The highest BCUT2D eigenvalue weighted by atomic mass is 32.2. The number of methoxy groups -OCH3 is 1. The summed E-state index contributed by atoms with van der Waals surface area (Å²) in [7, 11) is 1.62. The van der Waals surface area contributed by atoms with Crippen LogP contribution in [-0.4, -0.2) is 29.9 Å². The Hall–Kier alpha value is -3.30. The molecule has 2 aromatic carbocycles. The van der Waals surface area contributed by atoms with Crippen LogP contribution in [0.25, 0.3) is 22.4 Å². The Morgan fingerprint density at radius 2 is 1.79 bits per heavy atom. The van der Waals surface area contributed by atoms with Crippen molar-refractivity contribution >= 4 is 17.7 Å². The number of benzene rings is 2. The van der Waals surface area contributed by atoms with E-state index < -0.39 is 0 Å². The second kappa shape index (κ2) is 11.0. The average molecular weight is 459 g/mol. The first-order chi connectivity index (χ1) is 16.2. The van der Waals surface area contributed by atoms with Crippen LogP contribution >= 0.6 is 11.8 Å². The van der Waals surface area contributed by atoms with E-state index in [-0.39, 0.29) is 17.8 Å². The molecule has 0 unspecified atom stereocenters. The molecule has 0 bridgehead atoms. The molecule has 0 saturated heterocycles. The van der Waals surface area contributed by atoms with E-state index in [1.807, 2.05) is 60.7 Å². The third-order valence-electron chi connectivity index (χ3n) is 5.75. The number of carbonyl (C=O) groups excluding carboxylic acids is 1. The Kier molecular flexibility index (Phi) is 7.64. The molecule has 5 nitrogen and oxygen atoms in total. The summed E-state index contributed by atoms with van der Waals surface area (Å²) in [4.78, 5) is 17.3. The van der Waals surface area contributed by atoms with E-state index in [1.165, 1.54) is 18.2 Å². The highest BCUT2D eigenvalue weighted by Crippen LogP contribution is 2.35. The molecule has 4 rings (SSSR count). The van der Waals surface area contributed by atoms with Crippen LogP contribution in [0.2, 0.25) is 0 Å². The van der Waals surface area contributed by atoms with Crippen molar-refractivity contribution < 1.29 is 14.3 Å². The first-order valence-corrected chi connectivity index (χ1v) is 12.1. The smallest absolute Gasteiger partial charge is 0.316 e.